The fourth-order valence-corrected chi connectivity index (χ4v) is 2.74. The van der Waals surface area contributed by atoms with E-state index in [-0.39, 0.29) is 0 Å². The Morgan fingerprint density at radius 3 is 2.47 bits per heavy atom. The maximum Gasteiger partial charge on any atom is 0.0615 e. The van der Waals surface area contributed by atoms with Gasteiger partial charge in [-0.25, -0.2) is 0 Å². The van der Waals surface area contributed by atoms with Crippen LogP contribution >= 0.6 is 0 Å². The van der Waals surface area contributed by atoms with Crippen LogP contribution in [0.3, 0.4) is 0 Å². The topological polar surface area (TPSA) is 24.5 Å². The summed E-state index contributed by atoms with van der Waals surface area (Å²) >= 11 is 0. The van der Waals surface area contributed by atoms with E-state index < -0.39 is 0 Å². The Hall–Kier alpha value is -0.120. The van der Waals surface area contributed by atoms with Crippen molar-refractivity contribution in [2.75, 3.05) is 33.4 Å². The molecule has 0 radical (unpaired) electrons. The molecular weight excluding hydrogens is 212 g/mol. The molecule has 0 aromatic carbocycles. The minimum absolute atomic E-state index is 0.549. The van der Waals surface area contributed by atoms with Crippen LogP contribution in [0.2, 0.25) is 0 Å². The molecule has 0 aliphatic carbocycles. The molecule has 1 heterocycles. The van der Waals surface area contributed by atoms with Crippen molar-refractivity contribution in [2.45, 2.75) is 58.0 Å². The number of ether oxygens (including phenoxy) is 1. The van der Waals surface area contributed by atoms with Gasteiger partial charge < -0.3 is 15.0 Å². The van der Waals surface area contributed by atoms with Gasteiger partial charge in [0, 0.05) is 19.2 Å². The van der Waals surface area contributed by atoms with Gasteiger partial charge in [0.1, 0.15) is 0 Å². The highest BCUT2D eigenvalue weighted by Gasteiger charge is 2.20. The zero-order valence-electron chi connectivity index (χ0n) is 11.9. The highest BCUT2D eigenvalue weighted by molar-refractivity contribution is 4.80. The minimum Gasteiger partial charge on any atom is -0.383 e. The summed E-state index contributed by atoms with van der Waals surface area (Å²) in [7, 11) is 1.80. The van der Waals surface area contributed by atoms with Crippen LogP contribution in [0.5, 0.6) is 0 Å². The van der Waals surface area contributed by atoms with Crippen LogP contribution in [-0.4, -0.2) is 50.3 Å². The molecule has 1 rings (SSSR count). The van der Waals surface area contributed by atoms with Gasteiger partial charge >= 0.3 is 0 Å². The molecular formula is C14H30N2O. The summed E-state index contributed by atoms with van der Waals surface area (Å²) in [5.74, 6) is 0. The Balaban J connectivity index is 2.22. The third-order valence-electron chi connectivity index (χ3n) is 3.60. The van der Waals surface area contributed by atoms with Crippen molar-refractivity contribution in [3.05, 3.63) is 0 Å². The molecule has 0 aromatic heterocycles. The summed E-state index contributed by atoms with van der Waals surface area (Å²) < 4.78 is 5.28. The van der Waals surface area contributed by atoms with E-state index in [9.17, 15) is 0 Å². The predicted molar refractivity (Wildman–Crippen MR) is 73.5 cm³/mol. The average molecular weight is 242 g/mol. The van der Waals surface area contributed by atoms with Crippen LogP contribution in [0, 0.1) is 0 Å². The summed E-state index contributed by atoms with van der Waals surface area (Å²) in [6.45, 7) is 9.15. The SMILES string of the molecule is CCCC(COC)NC1CCN(CCC)CC1. The van der Waals surface area contributed by atoms with Gasteiger partial charge in [0.05, 0.1) is 6.61 Å². The molecule has 0 bridgehead atoms. The van der Waals surface area contributed by atoms with Crippen LogP contribution in [0.1, 0.15) is 46.0 Å². The van der Waals surface area contributed by atoms with Crippen LogP contribution < -0.4 is 5.32 Å². The molecule has 0 aromatic rings. The van der Waals surface area contributed by atoms with Gasteiger partial charge in [-0.15, -0.1) is 0 Å². The quantitative estimate of drug-likeness (QED) is 0.706. The first kappa shape index (κ1) is 14.9. The molecule has 0 saturated carbocycles. The summed E-state index contributed by atoms with van der Waals surface area (Å²) in [4.78, 5) is 2.59. The van der Waals surface area contributed by atoms with Crippen molar-refractivity contribution >= 4 is 0 Å². The number of methoxy groups -OCH3 is 1. The van der Waals surface area contributed by atoms with E-state index in [0.717, 1.165) is 6.61 Å². The molecule has 0 amide bonds. The monoisotopic (exact) mass is 242 g/mol. The largest absolute Gasteiger partial charge is 0.383 e. The van der Waals surface area contributed by atoms with Gasteiger partial charge in [0.25, 0.3) is 0 Å². The third kappa shape index (κ3) is 5.84. The summed E-state index contributed by atoms with van der Waals surface area (Å²) in [5.41, 5.74) is 0. The van der Waals surface area contributed by atoms with Crippen LogP contribution in [0.4, 0.5) is 0 Å². The van der Waals surface area contributed by atoms with Crippen LogP contribution in [0.25, 0.3) is 0 Å². The lowest BCUT2D eigenvalue weighted by Crippen LogP contribution is -2.47. The smallest absolute Gasteiger partial charge is 0.0615 e. The maximum atomic E-state index is 5.28. The Kier molecular flexibility index (Phi) is 7.82. The van der Waals surface area contributed by atoms with E-state index in [1.54, 1.807) is 7.11 Å². The summed E-state index contributed by atoms with van der Waals surface area (Å²) in [5, 5.41) is 3.77. The first-order valence-electron chi connectivity index (χ1n) is 7.27. The molecule has 1 N–H and O–H groups in total. The van der Waals surface area contributed by atoms with E-state index in [4.69, 9.17) is 4.74 Å². The van der Waals surface area contributed by atoms with Gasteiger partial charge in [-0.3, -0.25) is 0 Å². The van der Waals surface area contributed by atoms with Gasteiger partial charge in [0.15, 0.2) is 0 Å². The van der Waals surface area contributed by atoms with Crippen LogP contribution in [0.15, 0.2) is 0 Å². The van der Waals surface area contributed by atoms with Gasteiger partial charge in [-0.2, -0.15) is 0 Å². The van der Waals surface area contributed by atoms with E-state index in [1.165, 1.54) is 51.7 Å². The molecule has 0 spiro atoms. The molecule has 1 aliphatic heterocycles. The number of hydrogen-bond acceptors (Lipinski definition) is 3. The second kappa shape index (κ2) is 8.90. The normalized spacial score (nSPS) is 20.6. The number of rotatable bonds is 8. The van der Waals surface area contributed by atoms with E-state index in [0.29, 0.717) is 12.1 Å². The highest BCUT2D eigenvalue weighted by atomic mass is 16.5. The van der Waals surface area contributed by atoms with Crippen molar-refractivity contribution in [1.82, 2.24) is 10.2 Å². The van der Waals surface area contributed by atoms with Crippen molar-refractivity contribution in [1.29, 1.82) is 0 Å². The second-order valence-electron chi connectivity index (χ2n) is 5.22. The zero-order chi connectivity index (χ0) is 12.5. The Bertz CT molecular complexity index is 173. The lowest BCUT2D eigenvalue weighted by molar-refractivity contribution is 0.138. The van der Waals surface area contributed by atoms with E-state index >= 15 is 0 Å². The second-order valence-corrected chi connectivity index (χ2v) is 5.22. The number of likely N-dealkylation sites (tertiary alicyclic amines) is 1. The Morgan fingerprint density at radius 1 is 1.24 bits per heavy atom. The van der Waals surface area contributed by atoms with Crippen molar-refractivity contribution in [3.8, 4) is 0 Å². The summed E-state index contributed by atoms with van der Waals surface area (Å²) in [6, 6.07) is 1.25. The standard InChI is InChI=1S/C14H30N2O/c1-4-6-14(12-17-3)15-13-7-10-16(9-5-2)11-8-13/h13-15H,4-12H2,1-3H3. The van der Waals surface area contributed by atoms with Crippen molar-refractivity contribution in [2.24, 2.45) is 0 Å². The Morgan fingerprint density at radius 2 is 1.94 bits per heavy atom. The highest BCUT2D eigenvalue weighted by Crippen LogP contribution is 2.12. The number of nitrogens with zero attached hydrogens (tertiary/aromatic N) is 1. The third-order valence-corrected chi connectivity index (χ3v) is 3.60. The number of hydrogen-bond donors (Lipinski definition) is 1. The molecule has 1 aliphatic rings. The maximum absolute atomic E-state index is 5.28. The minimum atomic E-state index is 0.549. The van der Waals surface area contributed by atoms with Gasteiger partial charge in [-0.05, 0) is 45.3 Å². The molecule has 102 valence electrons. The molecule has 1 atom stereocenters. The van der Waals surface area contributed by atoms with Gasteiger partial charge in [-0.1, -0.05) is 20.3 Å². The fraction of sp³-hybridized carbons (Fsp3) is 1.00. The van der Waals surface area contributed by atoms with Crippen molar-refractivity contribution < 1.29 is 4.74 Å². The van der Waals surface area contributed by atoms with Crippen molar-refractivity contribution in [3.63, 3.8) is 0 Å². The first-order chi connectivity index (χ1) is 8.30. The average Bonchev–Trinajstić information content (AvgIpc) is 2.33. The van der Waals surface area contributed by atoms with E-state index in [2.05, 4.69) is 24.1 Å². The van der Waals surface area contributed by atoms with Gasteiger partial charge in [0.2, 0.25) is 0 Å². The molecule has 1 saturated heterocycles. The lowest BCUT2D eigenvalue weighted by Gasteiger charge is -2.34. The molecule has 1 fully saturated rings. The number of piperidine rings is 1. The Labute approximate surface area is 107 Å². The summed E-state index contributed by atoms with van der Waals surface area (Å²) in [6.07, 6.45) is 6.33. The molecule has 1 unspecified atom stereocenters. The zero-order valence-corrected chi connectivity index (χ0v) is 11.9. The first-order valence-corrected chi connectivity index (χ1v) is 7.27. The molecule has 17 heavy (non-hydrogen) atoms. The lowest BCUT2D eigenvalue weighted by atomic mass is 10.0. The fourth-order valence-electron chi connectivity index (χ4n) is 2.74. The molecule has 3 nitrogen and oxygen atoms in total. The molecule has 3 heteroatoms. The van der Waals surface area contributed by atoms with E-state index in [1.807, 2.05) is 0 Å². The van der Waals surface area contributed by atoms with Crippen LogP contribution in [-0.2, 0) is 4.74 Å². The number of nitrogens with one attached hydrogen (secondary N) is 1. The predicted octanol–water partition coefficient (Wildman–Crippen LogP) is 2.27.